The van der Waals surface area contributed by atoms with Gasteiger partial charge >= 0.3 is 12.5 Å². The molecule has 11 nitrogen and oxygen atoms in total. The van der Waals surface area contributed by atoms with E-state index in [2.05, 4.69) is 25.5 Å². The van der Waals surface area contributed by atoms with Crippen LogP contribution in [-0.4, -0.2) is 68.8 Å². The predicted molar refractivity (Wildman–Crippen MR) is 157 cm³/mol. The highest BCUT2D eigenvalue weighted by Crippen LogP contribution is 2.39. The molecule has 1 N–H and O–H groups in total. The molecule has 2 aliphatic heterocycles. The fraction of sp³-hybridized carbons (Fsp3) is 0.355. The van der Waals surface area contributed by atoms with E-state index in [1.807, 2.05) is 25.7 Å². The largest absolute Gasteiger partial charge is 0.444 e. The second kappa shape index (κ2) is 11.8. The molecule has 4 aromatic rings. The van der Waals surface area contributed by atoms with E-state index < -0.39 is 29.7 Å². The lowest BCUT2D eigenvalue weighted by atomic mass is 9.93. The number of nitrogens with zero attached hydrogens (tertiary/aromatic N) is 6. The first-order valence-corrected chi connectivity index (χ1v) is 14.4. The Morgan fingerprint density at radius 3 is 2.51 bits per heavy atom. The van der Waals surface area contributed by atoms with E-state index in [1.54, 1.807) is 41.4 Å². The van der Waals surface area contributed by atoms with Crippen molar-refractivity contribution in [3.8, 4) is 22.6 Å². The molecule has 0 radical (unpaired) electrons. The van der Waals surface area contributed by atoms with Crippen molar-refractivity contribution in [2.45, 2.75) is 45.1 Å². The van der Waals surface area contributed by atoms with Gasteiger partial charge in [0.2, 0.25) is 11.8 Å². The maximum Gasteiger partial charge on any atom is 0.410 e. The molecule has 1 atom stereocenters. The second-order valence-corrected chi connectivity index (χ2v) is 11.8. The molecule has 6 rings (SSSR count). The number of anilines is 2. The van der Waals surface area contributed by atoms with Crippen LogP contribution in [0, 0.1) is 5.82 Å². The Morgan fingerprint density at radius 2 is 1.84 bits per heavy atom. The number of pyridine rings is 2. The number of ether oxygens (including phenoxy) is 1. The molecule has 2 aliphatic rings. The number of hydrogen-bond acceptors (Lipinski definition) is 9. The van der Waals surface area contributed by atoms with Crippen LogP contribution < -0.4 is 10.2 Å². The third-order valence-corrected chi connectivity index (χ3v) is 7.51. The maximum absolute atomic E-state index is 15.6. The molecule has 0 aliphatic carbocycles. The number of rotatable bonds is 6. The summed E-state index contributed by atoms with van der Waals surface area (Å²) in [5.74, 6) is -1.68. The SMILES string of the molecule is CC(C)(C)OC(=O)N1CCN(c2cc(-c3cc4c(cc3F)C(Cc3ccc(-c5nnc(C(F)F)o5)cn3)C(=O)N4)ccn2)CC1. The van der Waals surface area contributed by atoms with E-state index in [4.69, 9.17) is 9.15 Å². The smallest absolute Gasteiger partial charge is 0.410 e. The molecule has 5 heterocycles. The Morgan fingerprint density at radius 1 is 1.07 bits per heavy atom. The molecule has 3 aromatic heterocycles. The number of carbonyl (C=O) groups excluding carboxylic acids is 2. The van der Waals surface area contributed by atoms with Crippen LogP contribution >= 0.6 is 0 Å². The average Bonchev–Trinajstić information content (AvgIpc) is 3.62. The normalized spacial score (nSPS) is 16.6. The lowest BCUT2D eigenvalue weighted by molar-refractivity contribution is -0.117. The van der Waals surface area contributed by atoms with Gasteiger partial charge in [-0.2, -0.15) is 8.78 Å². The summed E-state index contributed by atoms with van der Waals surface area (Å²) in [6.07, 6.45) is -0.0372. The minimum absolute atomic E-state index is 0.0924. The van der Waals surface area contributed by atoms with E-state index in [0.717, 1.165) is 0 Å². The molecular formula is C31H30F3N7O4. The third-order valence-electron chi connectivity index (χ3n) is 7.51. The molecule has 1 unspecified atom stereocenters. The van der Waals surface area contributed by atoms with Gasteiger partial charge in [0.15, 0.2) is 0 Å². The van der Waals surface area contributed by atoms with Gasteiger partial charge in [-0.05, 0) is 68.3 Å². The van der Waals surface area contributed by atoms with Gasteiger partial charge in [0.25, 0.3) is 5.89 Å². The quantitative estimate of drug-likeness (QED) is 0.293. The highest BCUT2D eigenvalue weighted by Gasteiger charge is 2.33. The van der Waals surface area contributed by atoms with Gasteiger partial charge in [0, 0.05) is 61.9 Å². The standard InChI is InChI=1S/C31H30F3N7O4/c1-31(2,3)45-30(43)41-10-8-40(9-11-41)25-12-17(6-7-35-25)20-15-24-21(14-23(20)32)22(27(42)37-24)13-19-5-4-18(16-36-19)28-38-39-29(44-28)26(33)34/h4-7,12,14-16,22,26H,8-11,13H2,1-3H3,(H,37,42). The maximum atomic E-state index is 15.6. The Labute approximate surface area is 256 Å². The van der Waals surface area contributed by atoms with Crippen molar-refractivity contribution in [1.82, 2.24) is 25.1 Å². The number of nitrogens with one attached hydrogen (secondary N) is 1. The summed E-state index contributed by atoms with van der Waals surface area (Å²) in [6, 6.07) is 9.70. The summed E-state index contributed by atoms with van der Waals surface area (Å²) >= 11 is 0. The molecule has 0 bridgehead atoms. The van der Waals surface area contributed by atoms with Crippen molar-refractivity contribution in [2.75, 3.05) is 36.4 Å². The summed E-state index contributed by atoms with van der Waals surface area (Å²) in [6.45, 7) is 7.50. The molecular weight excluding hydrogens is 591 g/mol. The lowest BCUT2D eigenvalue weighted by Crippen LogP contribution is -2.50. The summed E-state index contributed by atoms with van der Waals surface area (Å²) in [5, 5.41) is 9.77. The molecule has 14 heteroatoms. The number of aromatic nitrogens is 4. The van der Waals surface area contributed by atoms with Gasteiger partial charge in [-0.1, -0.05) is 0 Å². The lowest BCUT2D eigenvalue weighted by Gasteiger charge is -2.36. The number of halogens is 3. The monoisotopic (exact) mass is 621 g/mol. The fourth-order valence-electron chi connectivity index (χ4n) is 5.29. The van der Waals surface area contributed by atoms with Gasteiger partial charge in [0.05, 0.1) is 11.5 Å². The first-order valence-electron chi connectivity index (χ1n) is 14.4. The van der Waals surface area contributed by atoms with Crippen LogP contribution in [0.3, 0.4) is 0 Å². The predicted octanol–water partition coefficient (Wildman–Crippen LogP) is 5.61. The van der Waals surface area contributed by atoms with Crippen molar-refractivity contribution < 1.29 is 31.9 Å². The van der Waals surface area contributed by atoms with Crippen LogP contribution in [0.1, 0.15) is 50.3 Å². The molecule has 0 saturated carbocycles. The number of alkyl halides is 2. The van der Waals surface area contributed by atoms with E-state index in [0.29, 0.717) is 65.6 Å². The highest BCUT2D eigenvalue weighted by molar-refractivity contribution is 6.03. The van der Waals surface area contributed by atoms with Crippen LogP contribution in [0.2, 0.25) is 0 Å². The van der Waals surface area contributed by atoms with Gasteiger partial charge in [-0.25, -0.2) is 14.2 Å². The first kappa shape index (κ1) is 30.0. The minimum Gasteiger partial charge on any atom is -0.444 e. The van der Waals surface area contributed by atoms with Crippen molar-refractivity contribution in [2.24, 2.45) is 0 Å². The average molecular weight is 622 g/mol. The van der Waals surface area contributed by atoms with E-state index >= 15 is 4.39 Å². The highest BCUT2D eigenvalue weighted by atomic mass is 19.3. The molecule has 2 amide bonds. The molecule has 0 spiro atoms. The summed E-state index contributed by atoms with van der Waals surface area (Å²) in [5.41, 5.74) is 2.25. The topological polar surface area (TPSA) is 127 Å². The Hall–Kier alpha value is -5.01. The van der Waals surface area contributed by atoms with Crippen LogP contribution in [0.25, 0.3) is 22.6 Å². The van der Waals surface area contributed by atoms with E-state index in [-0.39, 0.29) is 24.3 Å². The molecule has 45 heavy (non-hydrogen) atoms. The zero-order chi connectivity index (χ0) is 31.9. The molecule has 234 valence electrons. The third kappa shape index (κ3) is 6.44. The zero-order valence-corrected chi connectivity index (χ0v) is 24.8. The summed E-state index contributed by atoms with van der Waals surface area (Å²) < 4.78 is 51.6. The van der Waals surface area contributed by atoms with Crippen LogP contribution in [0.15, 0.2) is 53.2 Å². The van der Waals surface area contributed by atoms with Gasteiger partial charge in [-0.15, -0.1) is 10.2 Å². The van der Waals surface area contributed by atoms with E-state index in [1.165, 1.54) is 12.3 Å². The second-order valence-electron chi connectivity index (χ2n) is 11.8. The first-order chi connectivity index (χ1) is 21.4. The Kier molecular flexibility index (Phi) is 7.89. The fourth-order valence-corrected chi connectivity index (χ4v) is 5.29. The Balaban J connectivity index is 1.15. The summed E-state index contributed by atoms with van der Waals surface area (Å²) in [7, 11) is 0. The number of hydrogen-bond donors (Lipinski definition) is 1. The zero-order valence-electron chi connectivity index (χ0n) is 24.8. The van der Waals surface area contributed by atoms with Crippen LogP contribution in [-0.2, 0) is 16.0 Å². The molecule has 1 fully saturated rings. The van der Waals surface area contributed by atoms with Crippen molar-refractivity contribution >= 4 is 23.5 Å². The summed E-state index contributed by atoms with van der Waals surface area (Å²) in [4.78, 5) is 37.9. The van der Waals surface area contributed by atoms with Crippen molar-refractivity contribution in [1.29, 1.82) is 0 Å². The van der Waals surface area contributed by atoms with Gasteiger partial charge in [0.1, 0.15) is 17.2 Å². The number of amides is 2. The number of piperazine rings is 1. The number of fused-ring (bicyclic) bond motifs is 1. The number of carbonyl (C=O) groups is 2. The van der Waals surface area contributed by atoms with Gasteiger partial charge < -0.3 is 24.3 Å². The molecule has 1 aromatic carbocycles. The van der Waals surface area contributed by atoms with Crippen LogP contribution in [0.4, 0.5) is 29.5 Å². The van der Waals surface area contributed by atoms with Crippen molar-refractivity contribution in [3.05, 3.63) is 71.8 Å². The molecule has 1 saturated heterocycles. The van der Waals surface area contributed by atoms with Gasteiger partial charge in [-0.3, -0.25) is 9.78 Å². The minimum atomic E-state index is -2.88. The van der Waals surface area contributed by atoms with Crippen molar-refractivity contribution in [3.63, 3.8) is 0 Å². The van der Waals surface area contributed by atoms with E-state index in [9.17, 15) is 18.4 Å². The van der Waals surface area contributed by atoms with Crippen LogP contribution in [0.5, 0.6) is 0 Å². The number of benzene rings is 1. The Bertz CT molecular complexity index is 1730.